The average Bonchev–Trinajstić information content (AvgIpc) is 3.17. The minimum absolute atomic E-state index is 0.575. The van der Waals surface area contributed by atoms with Crippen LogP contribution in [0.25, 0.3) is 11.0 Å². The Hall–Kier alpha value is -2.76. The van der Waals surface area contributed by atoms with Crippen LogP contribution in [0, 0.1) is 6.92 Å². The number of fused-ring (bicyclic) bond motifs is 1. The van der Waals surface area contributed by atoms with Gasteiger partial charge in [-0.2, -0.15) is 0 Å². The van der Waals surface area contributed by atoms with Gasteiger partial charge in [0.1, 0.15) is 11.6 Å². The van der Waals surface area contributed by atoms with Crippen molar-refractivity contribution in [2.75, 3.05) is 7.05 Å². The van der Waals surface area contributed by atoms with Crippen LogP contribution >= 0.6 is 0 Å². The molecule has 0 fully saturated rings. The first kappa shape index (κ1) is 14.2. The molecule has 0 amide bonds. The predicted molar refractivity (Wildman–Crippen MR) is 86.6 cm³/mol. The zero-order chi connectivity index (χ0) is 15.4. The Kier molecular flexibility index (Phi) is 4.09. The molecule has 3 aromatic rings. The monoisotopic (exact) mass is 297 g/mol. The number of aliphatic imine (C=N–C) groups is 1. The molecule has 2 aromatic heterocycles. The highest BCUT2D eigenvalue weighted by molar-refractivity contribution is 5.80. The number of aromatic amines is 1. The zero-order valence-corrected chi connectivity index (χ0v) is 12.7. The third-order valence-electron chi connectivity index (χ3n) is 3.42. The molecule has 0 aliphatic heterocycles. The fourth-order valence-corrected chi connectivity index (χ4v) is 2.28. The molecule has 6 nitrogen and oxygen atoms in total. The molecule has 22 heavy (non-hydrogen) atoms. The second-order valence-corrected chi connectivity index (χ2v) is 5.01. The van der Waals surface area contributed by atoms with Crippen LogP contribution in [0.15, 0.2) is 46.0 Å². The summed E-state index contributed by atoms with van der Waals surface area (Å²) >= 11 is 0. The first-order valence-electron chi connectivity index (χ1n) is 7.17. The second-order valence-electron chi connectivity index (χ2n) is 5.01. The highest BCUT2D eigenvalue weighted by atomic mass is 16.3. The number of guanidine groups is 1. The average molecular weight is 297 g/mol. The maximum atomic E-state index is 5.28. The minimum atomic E-state index is 0.575. The van der Waals surface area contributed by atoms with E-state index in [0.717, 1.165) is 22.6 Å². The van der Waals surface area contributed by atoms with Crippen molar-refractivity contribution in [1.82, 2.24) is 20.6 Å². The summed E-state index contributed by atoms with van der Waals surface area (Å²) in [5.74, 6) is 2.45. The van der Waals surface area contributed by atoms with Crippen molar-refractivity contribution in [1.29, 1.82) is 0 Å². The first-order chi connectivity index (χ1) is 10.8. The fraction of sp³-hybridized carbons (Fsp3) is 0.250. The largest absolute Gasteiger partial charge is 0.467 e. The van der Waals surface area contributed by atoms with Gasteiger partial charge in [-0.05, 0) is 30.7 Å². The van der Waals surface area contributed by atoms with E-state index in [1.807, 2.05) is 24.3 Å². The molecule has 0 aliphatic rings. The van der Waals surface area contributed by atoms with E-state index < -0.39 is 0 Å². The second kappa shape index (κ2) is 6.34. The number of rotatable bonds is 4. The van der Waals surface area contributed by atoms with E-state index in [0.29, 0.717) is 19.0 Å². The third-order valence-corrected chi connectivity index (χ3v) is 3.42. The van der Waals surface area contributed by atoms with Gasteiger partial charge in [0.15, 0.2) is 5.96 Å². The number of para-hydroxylation sites is 1. The van der Waals surface area contributed by atoms with Gasteiger partial charge in [0, 0.05) is 7.05 Å². The Bertz CT molecular complexity index is 773. The number of hydrogen-bond donors (Lipinski definition) is 3. The number of aryl methyl sites for hydroxylation is 1. The third kappa shape index (κ3) is 3.11. The summed E-state index contributed by atoms with van der Waals surface area (Å²) in [6.07, 6.45) is 1.66. The van der Waals surface area contributed by atoms with Crippen molar-refractivity contribution < 1.29 is 4.42 Å². The van der Waals surface area contributed by atoms with Crippen LogP contribution in [0.3, 0.4) is 0 Å². The van der Waals surface area contributed by atoms with Crippen LogP contribution < -0.4 is 10.6 Å². The van der Waals surface area contributed by atoms with Gasteiger partial charge >= 0.3 is 0 Å². The van der Waals surface area contributed by atoms with Crippen molar-refractivity contribution in [2.45, 2.75) is 20.0 Å². The van der Waals surface area contributed by atoms with Gasteiger partial charge in [0.05, 0.1) is 30.4 Å². The molecule has 0 spiro atoms. The summed E-state index contributed by atoms with van der Waals surface area (Å²) in [6.45, 7) is 3.22. The lowest BCUT2D eigenvalue weighted by molar-refractivity contribution is 0.501. The summed E-state index contributed by atoms with van der Waals surface area (Å²) in [7, 11) is 1.74. The molecule has 0 aliphatic carbocycles. The molecule has 2 heterocycles. The molecule has 114 valence electrons. The molecule has 3 rings (SSSR count). The van der Waals surface area contributed by atoms with Crippen molar-refractivity contribution in [3.8, 4) is 0 Å². The van der Waals surface area contributed by atoms with E-state index in [1.54, 1.807) is 13.3 Å². The summed E-state index contributed by atoms with van der Waals surface area (Å²) < 4.78 is 5.28. The zero-order valence-electron chi connectivity index (χ0n) is 12.7. The van der Waals surface area contributed by atoms with Crippen molar-refractivity contribution >= 4 is 17.0 Å². The van der Waals surface area contributed by atoms with Gasteiger partial charge in [-0.25, -0.2) is 4.98 Å². The predicted octanol–water partition coefficient (Wildman–Crippen LogP) is 2.33. The standard InChI is InChI=1S/C16H19N5O/c1-11-5-3-7-13-15(11)21-14(20-13)10-19-16(17-2)18-9-12-6-4-8-22-12/h3-8H,9-10H2,1-2H3,(H,20,21)(H2,17,18,19). The molecule has 1 aromatic carbocycles. The van der Waals surface area contributed by atoms with Gasteiger partial charge in [0.2, 0.25) is 0 Å². The summed E-state index contributed by atoms with van der Waals surface area (Å²) in [5, 5.41) is 6.42. The summed E-state index contributed by atoms with van der Waals surface area (Å²) in [4.78, 5) is 12.1. The maximum absolute atomic E-state index is 5.28. The van der Waals surface area contributed by atoms with Crippen LogP contribution in [0.5, 0.6) is 0 Å². The van der Waals surface area contributed by atoms with Gasteiger partial charge < -0.3 is 20.0 Å². The lowest BCUT2D eigenvalue weighted by Gasteiger charge is -2.09. The maximum Gasteiger partial charge on any atom is 0.191 e. The molecular weight excluding hydrogens is 278 g/mol. The minimum Gasteiger partial charge on any atom is -0.467 e. The molecule has 6 heteroatoms. The Labute approximate surface area is 128 Å². The number of H-pyrrole nitrogens is 1. The van der Waals surface area contributed by atoms with E-state index in [-0.39, 0.29) is 0 Å². The van der Waals surface area contributed by atoms with Crippen LogP contribution in [-0.4, -0.2) is 23.0 Å². The Morgan fingerprint density at radius 3 is 2.82 bits per heavy atom. The molecule has 0 radical (unpaired) electrons. The molecule has 3 N–H and O–H groups in total. The van der Waals surface area contributed by atoms with E-state index >= 15 is 0 Å². The van der Waals surface area contributed by atoms with E-state index in [9.17, 15) is 0 Å². The molecule has 0 atom stereocenters. The number of hydrogen-bond acceptors (Lipinski definition) is 3. The Morgan fingerprint density at radius 1 is 1.23 bits per heavy atom. The SMILES string of the molecule is CN=C(NCc1nc2c(C)cccc2[nH]1)NCc1ccco1. The van der Waals surface area contributed by atoms with E-state index in [1.165, 1.54) is 5.56 Å². The van der Waals surface area contributed by atoms with Crippen LogP contribution in [0.4, 0.5) is 0 Å². The summed E-state index contributed by atoms with van der Waals surface area (Å²) in [5.41, 5.74) is 3.23. The molecule has 0 saturated carbocycles. The lowest BCUT2D eigenvalue weighted by atomic mass is 10.2. The number of aromatic nitrogens is 2. The van der Waals surface area contributed by atoms with Gasteiger partial charge in [0.25, 0.3) is 0 Å². The van der Waals surface area contributed by atoms with Crippen molar-refractivity contribution in [3.63, 3.8) is 0 Å². The molecule has 0 unspecified atom stereocenters. The topological polar surface area (TPSA) is 78.2 Å². The smallest absolute Gasteiger partial charge is 0.191 e. The highest BCUT2D eigenvalue weighted by Gasteiger charge is 2.06. The van der Waals surface area contributed by atoms with Crippen LogP contribution in [0.1, 0.15) is 17.1 Å². The fourth-order valence-electron chi connectivity index (χ4n) is 2.28. The number of benzene rings is 1. The normalized spacial score (nSPS) is 11.8. The quantitative estimate of drug-likeness (QED) is 0.510. The number of nitrogens with one attached hydrogen (secondary N) is 3. The van der Waals surface area contributed by atoms with Crippen molar-refractivity contribution in [3.05, 3.63) is 53.7 Å². The Balaban J connectivity index is 1.61. The Morgan fingerprint density at radius 2 is 2.09 bits per heavy atom. The first-order valence-corrected chi connectivity index (χ1v) is 7.17. The molecular formula is C16H19N5O. The van der Waals surface area contributed by atoms with Crippen molar-refractivity contribution in [2.24, 2.45) is 4.99 Å². The van der Waals surface area contributed by atoms with Gasteiger partial charge in [-0.3, -0.25) is 4.99 Å². The highest BCUT2D eigenvalue weighted by Crippen LogP contribution is 2.15. The lowest BCUT2D eigenvalue weighted by Crippen LogP contribution is -2.36. The van der Waals surface area contributed by atoms with E-state index in [4.69, 9.17) is 4.42 Å². The van der Waals surface area contributed by atoms with Crippen LogP contribution in [0.2, 0.25) is 0 Å². The van der Waals surface area contributed by atoms with Gasteiger partial charge in [-0.1, -0.05) is 12.1 Å². The molecule has 0 bridgehead atoms. The van der Waals surface area contributed by atoms with E-state index in [2.05, 4.69) is 38.6 Å². The summed E-state index contributed by atoms with van der Waals surface area (Å²) in [6, 6.07) is 9.90. The van der Waals surface area contributed by atoms with Gasteiger partial charge in [-0.15, -0.1) is 0 Å². The number of nitrogens with zero attached hydrogens (tertiary/aromatic N) is 2. The van der Waals surface area contributed by atoms with Crippen LogP contribution in [-0.2, 0) is 13.1 Å². The number of furan rings is 1. The number of imidazole rings is 1. The molecule has 0 saturated heterocycles.